The number of benzene rings is 3. The highest BCUT2D eigenvalue weighted by atomic mass is 32.2. The van der Waals surface area contributed by atoms with Crippen LogP contribution in [0.1, 0.15) is 40.2 Å². The van der Waals surface area contributed by atoms with Crippen molar-refractivity contribution >= 4 is 21.6 Å². The van der Waals surface area contributed by atoms with Gasteiger partial charge >= 0.3 is 0 Å². The number of piperidine rings is 1. The van der Waals surface area contributed by atoms with Gasteiger partial charge in [-0.1, -0.05) is 30.3 Å². The summed E-state index contributed by atoms with van der Waals surface area (Å²) in [4.78, 5) is 14.9. The van der Waals surface area contributed by atoms with Crippen molar-refractivity contribution in [3.05, 3.63) is 89.2 Å². The summed E-state index contributed by atoms with van der Waals surface area (Å²) in [6.07, 6.45) is 1.56. The predicted molar refractivity (Wildman–Crippen MR) is 124 cm³/mol. The molecule has 0 aliphatic carbocycles. The van der Waals surface area contributed by atoms with Crippen LogP contribution in [0, 0.1) is 12.7 Å². The average Bonchev–Trinajstić information content (AvgIpc) is 2.81. The maximum absolute atomic E-state index is 13.9. The van der Waals surface area contributed by atoms with E-state index in [0.29, 0.717) is 30.1 Å². The molecule has 1 amide bonds. The van der Waals surface area contributed by atoms with Crippen LogP contribution in [0.25, 0.3) is 0 Å². The zero-order chi connectivity index (χ0) is 23.6. The molecule has 0 spiro atoms. The van der Waals surface area contributed by atoms with Gasteiger partial charge in [0.1, 0.15) is 11.6 Å². The number of halogens is 1. The Balaban J connectivity index is 1.50. The van der Waals surface area contributed by atoms with E-state index < -0.39 is 15.8 Å². The number of nitrogens with one attached hydrogen (secondary N) is 1. The first-order chi connectivity index (χ1) is 15.7. The van der Waals surface area contributed by atoms with E-state index in [4.69, 9.17) is 0 Å². The third-order valence-electron chi connectivity index (χ3n) is 6.01. The quantitative estimate of drug-likeness (QED) is 0.570. The normalized spacial score (nSPS) is 14.8. The molecule has 1 heterocycles. The molecule has 0 bridgehead atoms. The number of carbonyl (C=O) groups is 1. The summed E-state index contributed by atoms with van der Waals surface area (Å²) in [5.41, 5.74) is 1.96. The van der Waals surface area contributed by atoms with E-state index in [2.05, 4.69) is 4.72 Å². The van der Waals surface area contributed by atoms with Crippen molar-refractivity contribution in [2.75, 3.05) is 17.8 Å². The molecular formula is C25H25FN2O4S. The summed E-state index contributed by atoms with van der Waals surface area (Å²) in [6, 6.07) is 17.0. The van der Waals surface area contributed by atoms with Crippen LogP contribution >= 0.6 is 0 Å². The van der Waals surface area contributed by atoms with E-state index >= 15 is 0 Å². The molecule has 3 aromatic rings. The number of phenolic OH excluding ortho intramolecular Hbond substituents is 1. The highest BCUT2D eigenvalue weighted by molar-refractivity contribution is 7.92. The number of para-hydroxylation sites is 1. The Kier molecular flexibility index (Phi) is 6.37. The molecule has 1 fully saturated rings. The number of rotatable bonds is 5. The number of hydrogen-bond donors (Lipinski definition) is 2. The van der Waals surface area contributed by atoms with Crippen LogP contribution < -0.4 is 4.72 Å². The monoisotopic (exact) mass is 468 g/mol. The second-order valence-electron chi connectivity index (χ2n) is 8.22. The predicted octanol–water partition coefficient (Wildman–Crippen LogP) is 4.66. The first-order valence-corrected chi connectivity index (χ1v) is 12.2. The minimum Gasteiger partial charge on any atom is -0.508 e. The molecular weight excluding hydrogens is 443 g/mol. The molecule has 8 heteroatoms. The lowest BCUT2D eigenvalue weighted by atomic mass is 9.89. The van der Waals surface area contributed by atoms with Crippen LogP contribution in [0.5, 0.6) is 5.75 Å². The van der Waals surface area contributed by atoms with E-state index in [1.54, 1.807) is 30.0 Å². The Morgan fingerprint density at radius 2 is 1.70 bits per heavy atom. The van der Waals surface area contributed by atoms with E-state index in [0.717, 1.165) is 18.4 Å². The van der Waals surface area contributed by atoms with Crippen LogP contribution in [0.2, 0.25) is 0 Å². The Hall–Kier alpha value is -3.39. The first-order valence-electron chi connectivity index (χ1n) is 10.7. The summed E-state index contributed by atoms with van der Waals surface area (Å²) in [7, 11) is -4.07. The molecule has 6 nitrogen and oxygen atoms in total. The van der Waals surface area contributed by atoms with Gasteiger partial charge in [0.25, 0.3) is 15.9 Å². The van der Waals surface area contributed by atoms with Crippen molar-refractivity contribution in [2.45, 2.75) is 30.6 Å². The molecule has 33 heavy (non-hydrogen) atoms. The van der Waals surface area contributed by atoms with Crippen molar-refractivity contribution in [1.82, 2.24) is 4.90 Å². The van der Waals surface area contributed by atoms with Gasteiger partial charge in [0.15, 0.2) is 0 Å². The second-order valence-corrected chi connectivity index (χ2v) is 9.90. The van der Waals surface area contributed by atoms with Gasteiger partial charge in [-0.2, -0.15) is 0 Å². The summed E-state index contributed by atoms with van der Waals surface area (Å²) < 4.78 is 41.8. The van der Waals surface area contributed by atoms with Gasteiger partial charge in [-0.15, -0.1) is 0 Å². The number of hydrogen-bond acceptors (Lipinski definition) is 4. The molecule has 0 unspecified atom stereocenters. The van der Waals surface area contributed by atoms with Crippen LogP contribution in [0.3, 0.4) is 0 Å². The van der Waals surface area contributed by atoms with Gasteiger partial charge in [0.05, 0.1) is 10.6 Å². The number of anilines is 1. The van der Waals surface area contributed by atoms with E-state index in [-0.39, 0.29) is 22.2 Å². The standard InChI is InChI=1S/C25H25FN2O4S/c1-17-6-11-21(33(31,32)27-24-5-3-2-4-23(24)26)16-22(17)25(30)28-14-12-19(13-15-28)18-7-9-20(29)10-8-18/h2-11,16,19,27,29H,12-15H2,1H3. The number of phenols is 1. The first kappa shape index (κ1) is 22.8. The van der Waals surface area contributed by atoms with Gasteiger partial charge in [-0.05, 0) is 73.2 Å². The molecule has 0 atom stereocenters. The lowest BCUT2D eigenvalue weighted by Gasteiger charge is -2.32. The van der Waals surface area contributed by atoms with E-state index in [1.165, 1.54) is 36.4 Å². The average molecular weight is 469 g/mol. The van der Waals surface area contributed by atoms with Gasteiger partial charge in [0.2, 0.25) is 0 Å². The molecule has 1 aliphatic rings. The number of likely N-dealkylation sites (tertiary alicyclic amines) is 1. The summed E-state index contributed by atoms with van der Waals surface area (Å²) in [5, 5.41) is 9.48. The highest BCUT2D eigenvalue weighted by Gasteiger charge is 2.27. The van der Waals surface area contributed by atoms with E-state index in [1.807, 2.05) is 12.1 Å². The van der Waals surface area contributed by atoms with Crippen LogP contribution in [-0.4, -0.2) is 37.4 Å². The third-order valence-corrected chi connectivity index (χ3v) is 7.38. The molecule has 1 aliphatic heterocycles. The number of carbonyl (C=O) groups excluding carboxylic acids is 1. The van der Waals surface area contributed by atoms with Crippen molar-refractivity contribution < 1.29 is 22.7 Å². The maximum Gasteiger partial charge on any atom is 0.262 e. The van der Waals surface area contributed by atoms with E-state index in [9.17, 15) is 22.7 Å². The number of sulfonamides is 1. The third kappa shape index (κ3) is 5.01. The van der Waals surface area contributed by atoms with Crippen molar-refractivity contribution in [3.8, 4) is 5.75 Å². The molecule has 4 rings (SSSR count). The fraction of sp³-hybridized carbons (Fsp3) is 0.240. The molecule has 0 aromatic heterocycles. The molecule has 3 aromatic carbocycles. The number of amides is 1. The summed E-state index contributed by atoms with van der Waals surface area (Å²) >= 11 is 0. The lowest BCUT2D eigenvalue weighted by molar-refractivity contribution is 0.0712. The molecule has 0 radical (unpaired) electrons. The zero-order valence-electron chi connectivity index (χ0n) is 18.2. The Bertz CT molecular complexity index is 1270. The summed E-state index contributed by atoms with van der Waals surface area (Å²) in [6.45, 7) is 2.86. The number of aryl methyl sites for hydroxylation is 1. The molecule has 0 saturated carbocycles. The van der Waals surface area contributed by atoms with Crippen molar-refractivity contribution in [1.29, 1.82) is 0 Å². The Morgan fingerprint density at radius 1 is 1.03 bits per heavy atom. The van der Waals surface area contributed by atoms with Gasteiger partial charge in [0, 0.05) is 18.7 Å². The Labute approximate surface area is 192 Å². The smallest absolute Gasteiger partial charge is 0.262 e. The number of aromatic hydroxyl groups is 1. The SMILES string of the molecule is Cc1ccc(S(=O)(=O)Nc2ccccc2F)cc1C(=O)N1CCC(c2ccc(O)cc2)CC1. The number of nitrogens with zero attached hydrogens (tertiary/aromatic N) is 1. The topological polar surface area (TPSA) is 86.7 Å². The molecule has 2 N–H and O–H groups in total. The molecule has 1 saturated heterocycles. The van der Waals surface area contributed by atoms with Crippen LogP contribution in [-0.2, 0) is 10.0 Å². The highest BCUT2D eigenvalue weighted by Crippen LogP contribution is 2.30. The Morgan fingerprint density at radius 3 is 2.36 bits per heavy atom. The maximum atomic E-state index is 13.9. The van der Waals surface area contributed by atoms with Crippen LogP contribution in [0.4, 0.5) is 10.1 Å². The van der Waals surface area contributed by atoms with Gasteiger partial charge in [-0.3, -0.25) is 9.52 Å². The largest absolute Gasteiger partial charge is 0.508 e. The van der Waals surface area contributed by atoms with Gasteiger partial charge < -0.3 is 10.0 Å². The van der Waals surface area contributed by atoms with Gasteiger partial charge in [-0.25, -0.2) is 12.8 Å². The summed E-state index contributed by atoms with van der Waals surface area (Å²) in [5.74, 6) is -0.380. The lowest BCUT2D eigenvalue weighted by Crippen LogP contribution is -2.38. The van der Waals surface area contributed by atoms with Crippen molar-refractivity contribution in [3.63, 3.8) is 0 Å². The second kappa shape index (κ2) is 9.23. The minimum atomic E-state index is -4.07. The minimum absolute atomic E-state index is 0.0984. The molecule has 172 valence electrons. The van der Waals surface area contributed by atoms with Crippen molar-refractivity contribution in [2.24, 2.45) is 0 Å². The fourth-order valence-electron chi connectivity index (χ4n) is 4.08. The van der Waals surface area contributed by atoms with Crippen LogP contribution in [0.15, 0.2) is 71.6 Å². The fourth-order valence-corrected chi connectivity index (χ4v) is 5.17. The zero-order valence-corrected chi connectivity index (χ0v) is 19.0.